The molecule has 0 unspecified atom stereocenters. The molecule has 0 aliphatic heterocycles. The standard InChI is InChI=1S/C22H45NO5S.Na/c1-3-4-5-6-7-8-9-10-11-12-13-14-15-16-18-23(19-17-22(24)28-2)20-21-29(25,26)27;/h3-21H2,1-2H3,(H,25,26,27);/q;+1/p-1. The third-order valence-corrected chi connectivity index (χ3v) is 6.03. The summed E-state index contributed by atoms with van der Waals surface area (Å²) in [5.41, 5.74) is 0. The topological polar surface area (TPSA) is 86.7 Å². The van der Waals surface area contributed by atoms with Crippen LogP contribution in [0.2, 0.25) is 0 Å². The van der Waals surface area contributed by atoms with E-state index in [1.807, 2.05) is 4.90 Å². The van der Waals surface area contributed by atoms with Gasteiger partial charge in [0.2, 0.25) is 0 Å². The van der Waals surface area contributed by atoms with Crippen molar-refractivity contribution >= 4 is 16.1 Å². The van der Waals surface area contributed by atoms with Gasteiger partial charge in [-0.3, -0.25) is 4.79 Å². The Labute approximate surface area is 207 Å². The number of esters is 1. The first-order valence-corrected chi connectivity index (χ1v) is 13.2. The maximum atomic E-state index is 11.3. The van der Waals surface area contributed by atoms with E-state index in [1.54, 1.807) is 0 Å². The molecule has 0 spiro atoms. The summed E-state index contributed by atoms with van der Waals surface area (Å²) in [6.45, 7) is 3.58. The molecule has 0 saturated carbocycles. The average Bonchev–Trinajstić information content (AvgIpc) is 2.68. The summed E-state index contributed by atoms with van der Waals surface area (Å²) in [5.74, 6) is -0.729. The van der Waals surface area contributed by atoms with Gasteiger partial charge in [0.15, 0.2) is 0 Å². The van der Waals surface area contributed by atoms with E-state index in [4.69, 9.17) is 0 Å². The van der Waals surface area contributed by atoms with Gasteiger partial charge >= 0.3 is 35.5 Å². The summed E-state index contributed by atoms with van der Waals surface area (Å²) >= 11 is 0. The normalized spacial score (nSPS) is 11.5. The molecule has 0 atom stereocenters. The van der Waals surface area contributed by atoms with Crippen LogP contribution < -0.4 is 29.6 Å². The molecule has 0 aromatic carbocycles. The second kappa shape index (κ2) is 22.5. The summed E-state index contributed by atoms with van der Waals surface area (Å²) in [5, 5.41) is 0. The SMILES string of the molecule is CCCCCCCCCCCCCCCCN(CCC(=O)OC)CCS(=O)(=O)[O-].[Na+]. The van der Waals surface area contributed by atoms with Crippen LogP contribution in [0.1, 0.15) is 103 Å². The van der Waals surface area contributed by atoms with Crippen molar-refractivity contribution in [3.8, 4) is 0 Å². The zero-order valence-electron chi connectivity index (χ0n) is 19.8. The van der Waals surface area contributed by atoms with Crippen LogP contribution in [0.3, 0.4) is 0 Å². The second-order valence-corrected chi connectivity index (χ2v) is 9.55. The number of ether oxygens (including phenoxy) is 1. The van der Waals surface area contributed by atoms with Gasteiger partial charge in [0, 0.05) is 13.1 Å². The van der Waals surface area contributed by atoms with Crippen LogP contribution in [0.5, 0.6) is 0 Å². The number of hydrogen-bond acceptors (Lipinski definition) is 6. The molecular weight excluding hydrogens is 413 g/mol. The molecule has 0 aromatic rings. The van der Waals surface area contributed by atoms with E-state index in [2.05, 4.69) is 11.7 Å². The summed E-state index contributed by atoms with van der Waals surface area (Å²) in [6, 6.07) is 0. The van der Waals surface area contributed by atoms with E-state index >= 15 is 0 Å². The number of carbonyl (C=O) groups is 1. The molecule has 0 aromatic heterocycles. The van der Waals surface area contributed by atoms with Gasteiger partial charge in [-0.15, -0.1) is 0 Å². The smallest absolute Gasteiger partial charge is 0.748 e. The maximum Gasteiger partial charge on any atom is 1.00 e. The van der Waals surface area contributed by atoms with Crippen LogP contribution in [0.4, 0.5) is 0 Å². The van der Waals surface area contributed by atoms with Crippen molar-refractivity contribution in [1.82, 2.24) is 4.90 Å². The summed E-state index contributed by atoms with van der Waals surface area (Å²) in [6.07, 6.45) is 18.3. The molecular formula is C22H44NNaO5S. The Balaban J connectivity index is 0. The average molecular weight is 458 g/mol. The molecule has 0 fully saturated rings. The van der Waals surface area contributed by atoms with Crippen LogP contribution >= 0.6 is 0 Å². The van der Waals surface area contributed by atoms with Gasteiger partial charge in [-0.05, 0) is 13.0 Å². The summed E-state index contributed by atoms with van der Waals surface area (Å²) in [4.78, 5) is 13.2. The van der Waals surface area contributed by atoms with E-state index in [0.29, 0.717) is 13.1 Å². The molecule has 0 aliphatic carbocycles. The van der Waals surface area contributed by atoms with Gasteiger partial charge < -0.3 is 14.2 Å². The van der Waals surface area contributed by atoms with Crippen LogP contribution in [-0.4, -0.2) is 56.3 Å². The first kappa shape index (κ1) is 32.5. The number of carbonyl (C=O) groups excluding carboxylic acids is 1. The Morgan fingerprint density at radius 1 is 0.767 bits per heavy atom. The fraction of sp³-hybridized carbons (Fsp3) is 0.955. The number of nitrogens with zero attached hydrogens (tertiary/aromatic N) is 1. The van der Waals surface area contributed by atoms with E-state index < -0.39 is 15.9 Å². The number of rotatable bonds is 21. The number of methoxy groups -OCH3 is 1. The maximum absolute atomic E-state index is 11.3. The van der Waals surface area contributed by atoms with Crippen molar-refractivity contribution < 1.29 is 52.1 Å². The number of unbranched alkanes of at least 4 members (excludes halogenated alkanes) is 13. The molecule has 30 heavy (non-hydrogen) atoms. The van der Waals surface area contributed by atoms with Gasteiger partial charge in [-0.1, -0.05) is 90.4 Å². The first-order valence-electron chi connectivity index (χ1n) is 11.6. The zero-order valence-corrected chi connectivity index (χ0v) is 22.6. The van der Waals surface area contributed by atoms with Crippen molar-refractivity contribution in [3.63, 3.8) is 0 Å². The second-order valence-electron chi connectivity index (χ2n) is 8.03. The van der Waals surface area contributed by atoms with Gasteiger partial charge in [0.05, 0.1) is 29.4 Å². The van der Waals surface area contributed by atoms with Crippen LogP contribution in [0, 0.1) is 0 Å². The van der Waals surface area contributed by atoms with Gasteiger partial charge in [0.1, 0.15) is 0 Å². The molecule has 174 valence electrons. The van der Waals surface area contributed by atoms with Crippen molar-refractivity contribution in [1.29, 1.82) is 0 Å². The minimum atomic E-state index is -4.23. The van der Waals surface area contributed by atoms with E-state index in [1.165, 1.54) is 84.2 Å². The first-order chi connectivity index (χ1) is 13.9. The quantitative estimate of drug-likeness (QED) is 0.113. The molecule has 6 nitrogen and oxygen atoms in total. The molecule has 0 aliphatic rings. The fourth-order valence-electron chi connectivity index (χ4n) is 3.46. The minimum Gasteiger partial charge on any atom is -0.748 e. The predicted molar refractivity (Wildman–Crippen MR) is 118 cm³/mol. The predicted octanol–water partition coefficient (Wildman–Crippen LogP) is 1.88. The number of hydrogen-bond donors (Lipinski definition) is 0. The van der Waals surface area contributed by atoms with E-state index in [-0.39, 0.29) is 48.5 Å². The Kier molecular flexibility index (Phi) is 24.4. The van der Waals surface area contributed by atoms with Crippen molar-refractivity contribution in [2.24, 2.45) is 0 Å². The van der Waals surface area contributed by atoms with Crippen LogP contribution in [-0.2, 0) is 19.6 Å². The Bertz CT molecular complexity index is 488. The molecule has 0 rings (SSSR count). The van der Waals surface area contributed by atoms with E-state index in [0.717, 1.165) is 12.8 Å². The van der Waals surface area contributed by atoms with Gasteiger partial charge in [-0.25, -0.2) is 8.42 Å². The molecule has 8 heteroatoms. The molecule has 0 N–H and O–H groups in total. The molecule has 0 radical (unpaired) electrons. The Morgan fingerprint density at radius 2 is 1.20 bits per heavy atom. The summed E-state index contributed by atoms with van der Waals surface area (Å²) in [7, 11) is -2.89. The monoisotopic (exact) mass is 457 g/mol. The van der Waals surface area contributed by atoms with Crippen molar-refractivity contribution in [2.75, 3.05) is 32.5 Å². The van der Waals surface area contributed by atoms with Crippen LogP contribution in [0.25, 0.3) is 0 Å². The third-order valence-electron chi connectivity index (χ3n) is 5.35. The third kappa shape index (κ3) is 24.6. The van der Waals surface area contributed by atoms with E-state index in [9.17, 15) is 17.8 Å². The minimum absolute atomic E-state index is 0. The molecule has 0 bridgehead atoms. The van der Waals surface area contributed by atoms with Gasteiger partial charge in [0.25, 0.3) is 0 Å². The largest absolute Gasteiger partial charge is 1.00 e. The van der Waals surface area contributed by atoms with Crippen LogP contribution in [0.15, 0.2) is 0 Å². The zero-order chi connectivity index (χ0) is 21.8. The molecule has 0 saturated heterocycles. The summed E-state index contributed by atoms with van der Waals surface area (Å²) < 4.78 is 37.2. The molecule has 0 heterocycles. The Hall–Kier alpha value is 0.340. The Morgan fingerprint density at radius 3 is 1.60 bits per heavy atom. The van der Waals surface area contributed by atoms with Crippen molar-refractivity contribution in [2.45, 2.75) is 103 Å². The molecule has 0 amide bonds. The van der Waals surface area contributed by atoms with Gasteiger partial charge in [-0.2, -0.15) is 0 Å². The fourth-order valence-corrected chi connectivity index (χ4v) is 3.94. The van der Waals surface area contributed by atoms with Crippen molar-refractivity contribution in [3.05, 3.63) is 0 Å².